The van der Waals surface area contributed by atoms with E-state index in [0.717, 1.165) is 15.3 Å². The average Bonchev–Trinajstić information content (AvgIpc) is 2.69. The van der Waals surface area contributed by atoms with Crippen molar-refractivity contribution in [2.75, 3.05) is 5.32 Å². The van der Waals surface area contributed by atoms with Crippen LogP contribution < -0.4 is 10.6 Å². The molecule has 0 saturated carbocycles. The van der Waals surface area contributed by atoms with Crippen LogP contribution in [0.4, 0.5) is 5.13 Å². The number of nitrogens with zero attached hydrogens (tertiary/aromatic N) is 1. The van der Waals surface area contributed by atoms with Crippen LogP contribution in [0.5, 0.6) is 0 Å². The van der Waals surface area contributed by atoms with Crippen molar-refractivity contribution in [1.82, 2.24) is 10.3 Å². The van der Waals surface area contributed by atoms with Crippen LogP contribution in [0.2, 0.25) is 0 Å². The van der Waals surface area contributed by atoms with Crippen molar-refractivity contribution in [2.24, 2.45) is 0 Å². The average molecular weight is 263 g/mol. The third-order valence-electron chi connectivity index (χ3n) is 2.46. The monoisotopic (exact) mass is 263 g/mol. The van der Waals surface area contributed by atoms with Gasteiger partial charge in [-0.2, -0.15) is 0 Å². The fraction of sp³-hybridized carbons (Fsp3) is 0.385. The van der Waals surface area contributed by atoms with E-state index >= 15 is 0 Å². The third-order valence-corrected chi connectivity index (χ3v) is 3.43. The maximum absolute atomic E-state index is 11.8. The van der Waals surface area contributed by atoms with E-state index in [1.165, 1.54) is 0 Å². The summed E-state index contributed by atoms with van der Waals surface area (Å²) in [4.78, 5) is 16.2. The summed E-state index contributed by atoms with van der Waals surface area (Å²) >= 11 is 1.56. The topological polar surface area (TPSA) is 54.0 Å². The van der Waals surface area contributed by atoms with E-state index in [0.29, 0.717) is 0 Å². The Balaban J connectivity index is 2.06. The Morgan fingerprint density at radius 1 is 1.28 bits per heavy atom. The molecule has 0 radical (unpaired) electrons. The van der Waals surface area contributed by atoms with E-state index in [1.54, 1.807) is 11.3 Å². The Hall–Kier alpha value is -1.62. The summed E-state index contributed by atoms with van der Waals surface area (Å²) in [6.45, 7) is 5.73. The second kappa shape index (κ2) is 5.35. The van der Waals surface area contributed by atoms with Crippen LogP contribution in [0.3, 0.4) is 0 Å². The first kappa shape index (κ1) is 12.8. The molecule has 0 aliphatic rings. The van der Waals surface area contributed by atoms with Gasteiger partial charge in [-0.05, 0) is 32.9 Å². The lowest BCUT2D eigenvalue weighted by Gasteiger charge is -2.15. The molecule has 4 nitrogen and oxygen atoms in total. The summed E-state index contributed by atoms with van der Waals surface area (Å²) in [5.74, 6) is -0.00995. The van der Waals surface area contributed by atoms with Gasteiger partial charge in [0.05, 0.1) is 10.2 Å². The van der Waals surface area contributed by atoms with Crippen molar-refractivity contribution in [3.8, 4) is 0 Å². The van der Waals surface area contributed by atoms with Gasteiger partial charge in [-0.25, -0.2) is 4.98 Å². The molecule has 18 heavy (non-hydrogen) atoms. The molecule has 2 rings (SSSR count). The Bertz CT molecular complexity index is 517. The first-order valence-corrected chi connectivity index (χ1v) is 6.80. The maximum atomic E-state index is 11.8. The second-order valence-electron chi connectivity index (χ2n) is 4.52. The molecule has 1 aromatic heterocycles. The summed E-state index contributed by atoms with van der Waals surface area (Å²) in [6, 6.07) is 7.80. The number of anilines is 1. The highest BCUT2D eigenvalue weighted by Gasteiger charge is 2.15. The zero-order chi connectivity index (χ0) is 13.1. The highest BCUT2D eigenvalue weighted by atomic mass is 32.1. The number of hydrogen-bond donors (Lipinski definition) is 2. The lowest BCUT2D eigenvalue weighted by molar-refractivity contribution is -0.122. The van der Waals surface area contributed by atoms with E-state index in [-0.39, 0.29) is 18.0 Å². The number of hydrogen-bond acceptors (Lipinski definition) is 4. The van der Waals surface area contributed by atoms with Crippen molar-refractivity contribution >= 4 is 32.6 Å². The van der Waals surface area contributed by atoms with Crippen molar-refractivity contribution in [3.05, 3.63) is 24.3 Å². The van der Waals surface area contributed by atoms with Crippen LogP contribution in [0, 0.1) is 0 Å². The molecule has 1 heterocycles. The van der Waals surface area contributed by atoms with Crippen LogP contribution in [0.15, 0.2) is 24.3 Å². The van der Waals surface area contributed by atoms with Crippen molar-refractivity contribution in [3.63, 3.8) is 0 Å². The summed E-state index contributed by atoms with van der Waals surface area (Å²) in [5, 5.41) is 6.78. The highest BCUT2D eigenvalue weighted by molar-refractivity contribution is 7.22. The van der Waals surface area contributed by atoms with Crippen LogP contribution in [0.25, 0.3) is 10.2 Å². The van der Waals surface area contributed by atoms with E-state index in [9.17, 15) is 4.79 Å². The molecule has 0 aliphatic heterocycles. The molecule has 0 bridgehead atoms. The highest BCUT2D eigenvalue weighted by Crippen LogP contribution is 2.25. The number of aromatic nitrogens is 1. The van der Waals surface area contributed by atoms with Gasteiger partial charge in [0.1, 0.15) is 6.04 Å². The zero-order valence-electron chi connectivity index (χ0n) is 10.7. The molecule has 1 aromatic carbocycles. The minimum Gasteiger partial charge on any atom is -0.352 e. The van der Waals surface area contributed by atoms with E-state index in [1.807, 2.05) is 45.0 Å². The fourth-order valence-electron chi connectivity index (χ4n) is 1.59. The standard InChI is InChI=1S/C13H17N3OS/c1-8(2)14-12(17)9(3)15-13-16-10-6-4-5-7-11(10)18-13/h4-9H,1-3H3,(H,14,17)(H,15,16). The van der Waals surface area contributed by atoms with Crippen LogP contribution in [0.1, 0.15) is 20.8 Å². The predicted octanol–water partition coefficient (Wildman–Crippen LogP) is 2.62. The molecule has 0 aliphatic carbocycles. The van der Waals surface area contributed by atoms with Gasteiger partial charge in [-0.3, -0.25) is 4.79 Å². The van der Waals surface area contributed by atoms with Crippen molar-refractivity contribution < 1.29 is 4.79 Å². The van der Waals surface area contributed by atoms with Gasteiger partial charge in [0.2, 0.25) is 5.91 Å². The molecule has 0 spiro atoms. The smallest absolute Gasteiger partial charge is 0.242 e. The lowest BCUT2D eigenvalue weighted by atomic mass is 10.3. The zero-order valence-corrected chi connectivity index (χ0v) is 11.5. The van der Waals surface area contributed by atoms with Gasteiger partial charge in [-0.1, -0.05) is 23.5 Å². The molecule has 1 unspecified atom stereocenters. The molecule has 1 amide bonds. The lowest BCUT2D eigenvalue weighted by Crippen LogP contribution is -2.40. The maximum Gasteiger partial charge on any atom is 0.242 e. The number of rotatable bonds is 4. The number of fused-ring (bicyclic) bond motifs is 1. The van der Waals surface area contributed by atoms with Gasteiger partial charge in [0.25, 0.3) is 0 Å². The minimum atomic E-state index is -0.284. The number of thiazole rings is 1. The van der Waals surface area contributed by atoms with Gasteiger partial charge in [-0.15, -0.1) is 0 Å². The number of carbonyl (C=O) groups is 1. The minimum absolute atomic E-state index is 0.00995. The van der Waals surface area contributed by atoms with Gasteiger partial charge in [0, 0.05) is 6.04 Å². The molecule has 2 N–H and O–H groups in total. The molecule has 96 valence electrons. The Morgan fingerprint density at radius 2 is 2.00 bits per heavy atom. The summed E-state index contributed by atoms with van der Waals surface area (Å²) in [6.07, 6.45) is 0. The second-order valence-corrected chi connectivity index (χ2v) is 5.55. The number of para-hydroxylation sites is 1. The predicted molar refractivity (Wildman–Crippen MR) is 76.0 cm³/mol. The number of nitrogens with one attached hydrogen (secondary N) is 2. The number of carbonyl (C=O) groups excluding carboxylic acids is 1. The van der Waals surface area contributed by atoms with Crippen LogP contribution >= 0.6 is 11.3 Å². The molecule has 0 fully saturated rings. The summed E-state index contributed by atoms with van der Waals surface area (Å²) < 4.78 is 1.12. The molecule has 5 heteroatoms. The van der Waals surface area contributed by atoms with Crippen LogP contribution in [-0.4, -0.2) is 23.0 Å². The van der Waals surface area contributed by atoms with E-state index in [4.69, 9.17) is 0 Å². The summed E-state index contributed by atoms with van der Waals surface area (Å²) in [7, 11) is 0. The summed E-state index contributed by atoms with van der Waals surface area (Å²) in [5.41, 5.74) is 0.960. The molecular formula is C13H17N3OS. The van der Waals surface area contributed by atoms with Gasteiger partial charge < -0.3 is 10.6 Å². The fourth-order valence-corrected chi connectivity index (χ4v) is 2.55. The molecule has 1 atom stereocenters. The van der Waals surface area contributed by atoms with Gasteiger partial charge >= 0.3 is 0 Å². The molecule has 2 aromatic rings. The molecule has 0 saturated heterocycles. The van der Waals surface area contributed by atoms with Crippen molar-refractivity contribution in [2.45, 2.75) is 32.9 Å². The Morgan fingerprint density at radius 3 is 2.67 bits per heavy atom. The Kier molecular flexibility index (Phi) is 3.81. The SMILES string of the molecule is CC(C)NC(=O)C(C)Nc1nc2ccccc2s1. The normalized spacial score (nSPS) is 12.7. The molecular weight excluding hydrogens is 246 g/mol. The van der Waals surface area contributed by atoms with E-state index < -0.39 is 0 Å². The van der Waals surface area contributed by atoms with Crippen LogP contribution in [-0.2, 0) is 4.79 Å². The largest absolute Gasteiger partial charge is 0.352 e. The van der Waals surface area contributed by atoms with Gasteiger partial charge in [0.15, 0.2) is 5.13 Å². The number of benzene rings is 1. The van der Waals surface area contributed by atoms with Crippen molar-refractivity contribution in [1.29, 1.82) is 0 Å². The Labute approximate surface area is 110 Å². The third kappa shape index (κ3) is 2.98. The quantitative estimate of drug-likeness (QED) is 0.891. The van der Waals surface area contributed by atoms with E-state index in [2.05, 4.69) is 15.6 Å². The first-order valence-electron chi connectivity index (χ1n) is 5.99. The number of amides is 1. The first-order chi connectivity index (χ1) is 8.56.